The quantitative estimate of drug-likeness (QED) is 0.873. The molecular formula is C19H31N5O. The van der Waals surface area contributed by atoms with E-state index in [0.29, 0.717) is 17.9 Å². The molecule has 3 atom stereocenters. The summed E-state index contributed by atoms with van der Waals surface area (Å²) < 4.78 is 1.83. The maximum absolute atomic E-state index is 12.9. The van der Waals surface area contributed by atoms with Gasteiger partial charge in [-0.1, -0.05) is 6.42 Å². The number of aromatic nitrogens is 2. The molecule has 25 heavy (non-hydrogen) atoms. The van der Waals surface area contributed by atoms with Gasteiger partial charge in [-0.15, -0.1) is 0 Å². The fourth-order valence-corrected chi connectivity index (χ4v) is 5.22. The van der Waals surface area contributed by atoms with Gasteiger partial charge in [0.05, 0.1) is 11.9 Å². The van der Waals surface area contributed by atoms with E-state index in [4.69, 9.17) is 5.73 Å². The van der Waals surface area contributed by atoms with Gasteiger partial charge in [-0.2, -0.15) is 5.10 Å². The lowest BCUT2D eigenvalue weighted by atomic mass is 9.65. The molecule has 0 radical (unpaired) electrons. The lowest BCUT2D eigenvalue weighted by Gasteiger charge is -2.44. The van der Waals surface area contributed by atoms with Gasteiger partial charge in [0.15, 0.2) is 0 Å². The van der Waals surface area contributed by atoms with E-state index in [1.54, 1.807) is 0 Å². The summed E-state index contributed by atoms with van der Waals surface area (Å²) in [5, 5.41) is 7.62. The highest BCUT2D eigenvalue weighted by atomic mass is 16.2. The van der Waals surface area contributed by atoms with Crippen LogP contribution in [0.3, 0.4) is 0 Å². The number of carbonyl (C=O) groups is 1. The molecule has 1 aromatic rings. The summed E-state index contributed by atoms with van der Waals surface area (Å²) in [5.41, 5.74) is 7.52. The van der Waals surface area contributed by atoms with E-state index in [0.717, 1.165) is 44.5 Å². The van der Waals surface area contributed by atoms with Crippen LogP contribution in [0.2, 0.25) is 0 Å². The molecule has 138 valence electrons. The summed E-state index contributed by atoms with van der Waals surface area (Å²) >= 11 is 0. The number of nitrogens with one attached hydrogen (secondary N) is 1. The van der Waals surface area contributed by atoms with Crippen molar-refractivity contribution in [2.75, 3.05) is 18.0 Å². The number of amides is 1. The highest BCUT2D eigenvalue weighted by Gasteiger charge is 2.41. The van der Waals surface area contributed by atoms with Crippen LogP contribution in [-0.2, 0) is 11.8 Å². The van der Waals surface area contributed by atoms with Crippen molar-refractivity contribution in [3.63, 3.8) is 0 Å². The Labute approximate surface area is 150 Å². The monoisotopic (exact) mass is 345 g/mol. The fraction of sp³-hybridized carbons (Fsp3) is 0.789. The molecule has 3 aliphatic rings. The molecule has 1 amide bonds. The van der Waals surface area contributed by atoms with Gasteiger partial charge < -0.3 is 16.0 Å². The van der Waals surface area contributed by atoms with E-state index in [-0.39, 0.29) is 17.9 Å². The van der Waals surface area contributed by atoms with Gasteiger partial charge >= 0.3 is 0 Å². The van der Waals surface area contributed by atoms with Crippen LogP contribution >= 0.6 is 0 Å². The van der Waals surface area contributed by atoms with Crippen LogP contribution in [0.1, 0.15) is 44.9 Å². The van der Waals surface area contributed by atoms with Crippen LogP contribution in [0.25, 0.3) is 0 Å². The average Bonchev–Trinajstić information content (AvgIpc) is 3.01. The Morgan fingerprint density at radius 3 is 2.68 bits per heavy atom. The predicted molar refractivity (Wildman–Crippen MR) is 98.1 cm³/mol. The maximum atomic E-state index is 12.9. The van der Waals surface area contributed by atoms with Gasteiger partial charge in [-0.05, 0) is 50.4 Å². The minimum absolute atomic E-state index is 0.170. The first-order valence-corrected chi connectivity index (χ1v) is 9.89. The zero-order chi connectivity index (χ0) is 17.4. The Bertz CT molecular complexity index is 601. The third-order valence-electron chi connectivity index (χ3n) is 6.61. The van der Waals surface area contributed by atoms with Gasteiger partial charge in [0.25, 0.3) is 0 Å². The minimum atomic E-state index is 0.170. The smallest absolute Gasteiger partial charge is 0.223 e. The number of aryl methyl sites for hydroxylation is 1. The van der Waals surface area contributed by atoms with Gasteiger partial charge in [-0.25, -0.2) is 0 Å². The molecule has 6 nitrogen and oxygen atoms in total. The van der Waals surface area contributed by atoms with Crippen molar-refractivity contribution in [2.45, 2.75) is 57.0 Å². The van der Waals surface area contributed by atoms with E-state index in [1.807, 2.05) is 24.1 Å². The number of rotatable bonds is 3. The van der Waals surface area contributed by atoms with E-state index < -0.39 is 0 Å². The molecule has 1 aliphatic heterocycles. The van der Waals surface area contributed by atoms with Gasteiger partial charge in [0.1, 0.15) is 0 Å². The van der Waals surface area contributed by atoms with Gasteiger partial charge in [0.2, 0.25) is 5.91 Å². The number of hydrogen-bond acceptors (Lipinski definition) is 4. The number of anilines is 1. The van der Waals surface area contributed by atoms with Crippen molar-refractivity contribution >= 4 is 11.6 Å². The second kappa shape index (κ2) is 6.98. The van der Waals surface area contributed by atoms with Crippen LogP contribution in [-0.4, -0.2) is 40.9 Å². The second-order valence-corrected chi connectivity index (χ2v) is 8.36. The van der Waals surface area contributed by atoms with E-state index in [2.05, 4.69) is 15.3 Å². The first-order valence-electron chi connectivity index (χ1n) is 9.89. The number of hydrogen-bond donors (Lipinski definition) is 2. The summed E-state index contributed by atoms with van der Waals surface area (Å²) in [6.07, 6.45) is 11.8. The SMILES string of the molecule is Cn1cc(N2CCCC(NC(=O)C3CC4CCCC(C3)C4N)C2)cn1. The highest BCUT2D eigenvalue weighted by Crippen LogP contribution is 2.42. The number of nitrogens with zero attached hydrogens (tertiary/aromatic N) is 3. The number of piperidine rings is 1. The molecular weight excluding hydrogens is 314 g/mol. The first-order chi connectivity index (χ1) is 12.1. The second-order valence-electron chi connectivity index (χ2n) is 8.36. The molecule has 0 spiro atoms. The molecule has 0 aromatic carbocycles. The van der Waals surface area contributed by atoms with Crippen LogP contribution in [0.4, 0.5) is 5.69 Å². The Kier molecular flexibility index (Phi) is 4.71. The van der Waals surface area contributed by atoms with Crippen molar-refractivity contribution in [3.05, 3.63) is 12.4 Å². The predicted octanol–water partition coefficient (Wildman–Crippen LogP) is 1.66. The average molecular weight is 345 g/mol. The standard InChI is InChI=1S/C19H31N5O/c1-23-12-17(10-21-23)24-7-3-6-16(11-24)22-19(25)15-8-13-4-2-5-14(9-15)18(13)20/h10,12-16,18H,2-9,11,20H2,1H3,(H,22,25). The van der Waals surface area contributed by atoms with Gasteiger partial charge in [0, 0.05) is 44.3 Å². The number of carbonyl (C=O) groups excluding carboxylic acids is 1. The van der Waals surface area contributed by atoms with Crippen LogP contribution in [0.5, 0.6) is 0 Å². The fourth-order valence-electron chi connectivity index (χ4n) is 5.22. The molecule has 3 N–H and O–H groups in total. The molecule has 2 aliphatic carbocycles. The Morgan fingerprint density at radius 2 is 2.00 bits per heavy atom. The maximum Gasteiger partial charge on any atom is 0.223 e. The van der Waals surface area contributed by atoms with Crippen molar-refractivity contribution < 1.29 is 4.79 Å². The van der Waals surface area contributed by atoms with E-state index in [1.165, 1.54) is 19.3 Å². The van der Waals surface area contributed by atoms with Crippen molar-refractivity contribution in [1.82, 2.24) is 15.1 Å². The number of fused-ring (bicyclic) bond motifs is 2. The molecule has 1 aromatic heterocycles. The van der Waals surface area contributed by atoms with Crippen molar-refractivity contribution in [1.29, 1.82) is 0 Å². The summed E-state index contributed by atoms with van der Waals surface area (Å²) in [6.45, 7) is 1.93. The molecule has 2 heterocycles. The highest BCUT2D eigenvalue weighted by molar-refractivity contribution is 5.79. The normalized spacial score (nSPS) is 35.4. The summed E-state index contributed by atoms with van der Waals surface area (Å²) in [7, 11) is 1.94. The third kappa shape index (κ3) is 3.54. The Hall–Kier alpha value is -1.56. The van der Waals surface area contributed by atoms with E-state index in [9.17, 15) is 4.79 Å². The van der Waals surface area contributed by atoms with Crippen molar-refractivity contribution in [2.24, 2.45) is 30.5 Å². The molecule has 3 fully saturated rings. The summed E-state index contributed by atoms with van der Waals surface area (Å²) in [5.74, 6) is 1.55. The molecule has 2 bridgehead atoms. The first kappa shape index (κ1) is 16.9. The molecule has 4 rings (SSSR count). The Morgan fingerprint density at radius 1 is 1.24 bits per heavy atom. The minimum Gasteiger partial charge on any atom is -0.367 e. The van der Waals surface area contributed by atoms with E-state index >= 15 is 0 Å². The Balaban J connectivity index is 1.34. The largest absolute Gasteiger partial charge is 0.367 e. The zero-order valence-electron chi connectivity index (χ0n) is 15.2. The van der Waals surface area contributed by atoms with Crippen LogP contribution < -0.4 is 16.0 Å². The lowest BCUT2D eigenvalue weighted by molar-refractivity contribution is -0.128. The summed E-state index contributed by atoms with van der Waals surface area (Å²) in [4.78, 5) is 15.2. The zero-order valence-corrected chi connectivity index (χ0v) is 15.2. The van der Waals surface area contributed by atoms with Crippen LogP contribution in [0, 0.1) is 17.8 Å². The lowest BCUT2D eigenvalue weighted by Crippen LogP contribution is -2.52. The van der Waals surface area contributed by atoms with Crippen molar-refractivity contribution in [3.8, 4) is 0 Å². The van der Waals surface area contributed by atoms with Crippen LogP contribution in [0.15, 0.2) is 12.4 Å². The number of nitrogens with two attached hydrogens (primary N) is 1. The third-order valence-corrected chi connectivity index (χ3v) is 6.61. The summed E-state index contributed by atoms with van der Waals surface area (Å²) in [6, 6.07) is 0.574. The molecule has 6 heteroatoms. The topological polar surface area (TPSA) is 76.2 Å². The molecule has 1 saturated heterocycles. The molecule has 3 unspecified atom stereocenters. The molecule has 2 saturated carbocycles. The van der Waals surface area contributed by atoms with Gasteiger partial charge in [-0.3, -0.25) is 9.48 Å².